The SMILES string of the molecule is CCCC[n+]1c(CCc2ccccc2)sc2ccccc21.I. The van der Waals surface area contributed by atoms with Crippen LogP contribution in [0.1, 0.15) is 30.3 Å². The first-order valence-electron chi connectivity index (χ1n) is 7.82. The van der Waals surface area contributed by atoms with Crippen LogP contribution in [0.3, 0.4) is 0 Å². The fourth-order valence-electron chi connectivity index (χ4n) is 2.73. The number of aromatic nitrogens is 1. The van der Waals surface area contributed by atoms with Crippen LogP contribution < -0.4 is 4.57 Å². The number of benzene rings is 2. The number of para-hydroxylation sites is 1. The molecule has 0 aliphatic rings. The molecular weight excluding hydrogens is 401 g/mol. The number of aryl methyl sites for hydroxylation is 3. The number of nitrogens with zero attached hydrogens (tertiary/aromatic N) is 1. The first-order valence-corrected chi connectivity index (χ1v) is 8.64. The van der Waals surface area contributed by atoms with Gasteiger partial charge in [-0.2, -0.15) is 4.57 Å². The van der Waals surface area contributed by atoms with Gasteiger partial charge in [-0.05, 0) is 18.1 Å². The van der Waals surface area contributed by atoms with Crippen LogP contribution in [-0.4, -0.2) is 0 Å². The summed E-state index contributed by atoms with van der Waals surface area (Å²) in [5.41, 5.74) is 2.83. The molecule has 0 radical (unpaired) electrons. The van der Waals surface area contributed by atoms with Crippen molar-refractivity contribution in [3.05, 3.63) is 65.2 Å². The standard InChI is InChI=1S/C19H22NS.HI/c1-2-3-15-20-17-11-7-8-12-18(17)21-19(20)14-13-16-9-5-4-6-10-16;/h4-12H,2-3,13-15H2,1H3;1H/q+1;. The van der Waals surface area contributed by atoms with Crippen molar-refractivity contribution in [3.63, 3.8) is 0 Å². The van der Waals surface area contributed by atoms with Gasteiger partial charge in [-0.25, -0.2) is 0 Å². The minimum atomic E-state index is 0. The molecule has 0 fully saturated rings. The van der Waals surface area contributed by atoms with E-state index in [2.05, 4.69) is 66.1 Å². The van der Waals surface area contributed by atoms with E-state index < -0.39 is 0 Å². The monoisotopic (exact) mass is 424 g/mol. The van der Waals surface area contributed by atoms with Gasteiger partial charge in [0.1, 0.15) is 11.2 Å². The highest BCUT2D eigenvalue weighted by molar-refractivity contribution is 14.0. The average Bonchev–Trinajstić information content (AvgIpc) is 2.89. The van der Waals surface area contributed by atoms with E-state index in [4.69, 9.17) is 0 Å². The Labute approximate surface area is 154 Å². The molecule has 0 spiro atoms. The molecule has 3 heteroatoms. The van der Waals surface area contributed by atoms with Gasteiger partial charge < -0.3 is 0 Å². The van der Waals surface area contributed by atoms with Gasteiger partial charge in [-0.1, -0.05) is 67.1 Å². The number of halogens is 1. The smallest absolute Gasteiger partial charge is 0.186 e. The van der Waals surface area contributed by atoms with Crippen molar-refractivity contribution in [3.8, 4) is 0 Å². The van der Waals surface area contributed by atoms with E-state index >= 15 is 0 Å². The van der Waals surface area contributed by atoms with Gasteiger partial charge in [-0.3, -0.25) is 0 Å². The highest BCUT2D eigenvalue weighted by atomic mass is 127. The second-order valence-corrected chi connectivity index (χ2v) is 6.57. The summed E-state index contributed by atoms with van der Waals surface area (Å²) >= 11 is 1.96. The summed E-state index contributed by atoms with van der Waals surface area (Å²) in [6.07, 6.45) is 4.76. The Morgan fingerprint density at radius 3 is 2.41 bits per heavy atom. The number of hydrogen-bond donors (Lipinski definition) is 0. The van der Waals surface area contributed by atoms with Gasteiger partial charge in [-0.15, -0.1) is 24.0 Å². The lowest BCUT2D eigenvalue weighted by atomic mass is 10.1. The lowest BCUT2D eigenvalue weighted by Gasteiger charge is -2.00. The van der Waals surface area contributed by atoms with Crippen LogP contribution in [0.5, 0.6) is 0 Å². The summed E-state index contributed by atoms with van der Waals surface area (Å²) in [7, 11) is 0. The number of fused-ring (bicyclic) bond motifs is 1. The predicted molar refractivity (Wildman–Crippen MR) is 106 cm³/mol. The summed E-state index contributed by atoms with van der Waals surface area (Å²) < 4.78 is 3.95. The van der Waals surface area contributed by atoms with Crippen molar-refractivity contribution in [2.24, 2.45) is 0 Å². The quantitative estimate of drug-likeness (QED) is 0.369. The van der Waals surface area contributed by atoms with E-state index in [1.54, 1.807) is 0 Å². The highest BCUT2D eigenvalue weighted by Crippen LogP contribution is 2.21. The Kier molecular flexibility index (Phi) is 6.83. The maximum atomic E-state index is 2.53. The summed E-state index contributed by atoms with van der Waals surface area (Å²) in [5.74, 6) is 0. The van der Waals surface area contributed by atoms with E-state index in [1.165, 1.54) is 33.6 Å². The third-order valence-electron chi connectivity index (χ3n) is 3.89. The molecule has 3 aromatic rings. The molecule has 3 rings (SSSR count). The zero-order valence-electron chi connectivity index (χ0n) is 13.0. The third-order valence-corrected chi connectivity index (χ3v) is 5.12. The van der Waals surface area contributed by atoms with Crippen LogP contribution in [0.2, 0.25) is 0 Å². The van der Waals surface area contributed by atoms with Gasteiger partial charge in [0.15, 0.2) is 0 Å². The molecule has 1 nitrogen and oxygen atoms in total. The Morgan fingerprint density at radius 1 is 0.909 bits per heavy atom. The Balaban J connectivity index is 0.00000176. The van der Waals surface area contributed by atoms with Crippen LogP contribution in [0.4, 0.5) is 0 Å². The molecule has 2 aromatic carbocycles. The second-order valence-electron chi connectivity index (χ2n) is 5.45. The van der Waals surface area contributed by atoms with E-state index in [0.29, 0.717) is 0 Å². The molecule has 1 heterocycles. The fraction of sp³-hybridized carbons (Fsp3) is 0.316. The Morgan fingerprint density at radius 2 is 1.64 bits per heavy atom. The number of hydrogen-bond acceptors (Lipinski definition) is 1. The zero-order valence-corrected chi connectivity index (χ0v) is 16.1. The molecular formula is C19H23INS+. The molecule has 0 aliphatic carbocycles. The van der Waals surface area contributed by atoms with Gasteiger partial charge in [0, 0.05) is 18.9 Å². The molecule has 0 unspecified atom stereocenters. The lowest BCUT2D eigenvalue weighted by molar-refractivity contribution is -0.674. The molecule has 0 aliphatic heterocycles. The van der Waals surface area contributed by atoms with Crippen molar-refractivity contribution in [2.75, 3.05) is 0 Å². The van der Waals surface area contributed by atoms with Crippen LogP contribution in [-0.2, 0) is 19.4 Å². The summed E-state index contributed by atoms with van der Waals surface area (Å²) in [6, 6.07) is 19.6. The summed E-state index contributed by atoms with van der Waals surface area (Å²) in [6.45, 7) is 3.41. The van der Waals surface area contributed by atoms with Gasteiger partial charge >= 0.3 is 0 Å². The molecule has 1 aromatic heterocycles. The van der Waals surface area contributed by atoms with E-state index in [9.17, 15) is 0 Å². The molecule has 0 saturated heterocycles. The van der Waals surface area contributed by atoms with Crippen LogP contribution in [0.15, 0.2) is 54.6 Å². The first-order chi connectivity index (χ1) is 10.4. The van der Waals surface area contributed by atoms with Crippen molar-refractivity contribution >= 4 is 45.5 Å². The van der Waals surface area contributed by atoms with E-state index in [1.807, 2.05) is 11.3 Å². The maximum absolute atomic E-state index is 2.53. The minimum absolute atomic E-state index is 0. The molecule has 0 amide bonds. The van der Waals surface area contributed by atoms with Crippen LogP contribution in [0.25, 0.3) is 10.2 Å². The number of unbranched alkanes of at least 4 members (excludes halogenated alkanes) is 1. The second kappa shape index (κ2) is 8.63. The molecule has 0 bridgehead atoms. The predicted octanol–water partition coefficient (Wildman–Crippen LogP) is 5.39. The minimum Gasteiger partial charge on any atom is -0.186 e. The van der Waals surface area contributed by atoms with Crippen LogP contribution in [0, 0.1) is 0 Å². The highest BCUT2D eigenvalue weighted by Gasteiger charge is 2.19. The average molecular weight is 424 g/mol. The maximum Gasteiger partial charge on any atom is 0.238 e. The Hall–Kier alpha value is -0.940. The van der Waals surface area contributed by atoms with Gasteiger partial charge in [0.05, 0.1) is 0 Å². The largest absolute Gasteiger partial charge is 0.238 e. The molecule has 0 N–H and O–H groups in total. The van der Waals surface area contributed by atoms with Gasteiger partial charge in [0.25, 0.3) is 0 Å². The number of rotatable bonds is 6. The third kappa shape index (κ3) is 4.07. The topological polar surface area (TPSA) is 3.88 Å². The van der Waals surface area contributed by atoms with E-state index in [-0.39, 0.29) is 24.0 Å². The molecule has 0 atom stereocenters. The number of thiazole rings is 1. The van der Waals surface area contributed by atoms with E-state index in [0.717, 1.165) is 19.4 Å². The van der Waals surface area contributed by atoms with Crippen LogP contribution >= 0.6 is 35.3 Å². The summed E-state index contributed by atoms with van der Waals surface area (Å²) in [4.78, 5) is 0. The normalized spacial score (nSPS) is 10.6. The van der Waals surface area contributed by atoms with Crippen molar-refractivity contribution in [1.29, 1.82) is 0 Å². The lowest BCUT2D eigenvalue weighted by Crippen LogP contribution is -2.36. The first kappa shape index (κ1) is 17.4. The molecule has 0 saturated carbocycles. The fourth-order valence-corrected chi connectivity index (χ4v) is 3.91. The summed E-state index contributed by atoms with van der Waals surface area (Å²) in [5, 5.41) is 1.51. The van der Waals surface area contributed by atoms with Crippen molar-refractivity contribution in [1.82, 2.24) is 0 Å². The molecule has 116 valence electrons. The van der Waals surface area contributed by atoms with Crippen molar-refractivity contribution in [2.45, 2.75) is 39.2 Å². The molecule has 22 heavy (non-hydrogen) atoms. The zero-order chi connectivity index (χ0) is 14.5. The Bertz CT molecular complexity index is 706. The van der Waals surface area contributed by atoms with Gasteiger partial charge in [0.2, 0.25) is 10.5 Å². The van der Waals surface area contributed by atoms with Crippen molar-refractivity contribution < 1.29 is 4.57 Å².